The van der Waals surface area contributed by atoms with Gasteiger partial charge in [-0.1, -0.05) is 6.07 Å². The standard InChI is InChI=1S/C12H15F2NO/c13-11-2-1-9(7-12(11)14)3-5-15-6-4-10(16)8-15/h1-2,7,10,16H,3-6,8H2/t10-/m0/s1. The molecule has 0 radical (unpaired) electrons. The maximum atomic E-state index is 12.9. The van der Waals surface area contributed by atoms with Crippen LogP contribution in [0.1, 0.15) is 12.0 Å². The number of rotatable bonds is 3. The number of aliphatic hydroxyl groups excluding tert-OH is 1. The first kappa shape index (κ1) is 11.5. The molecule has 0 aliphatic carbocycles. The highest BCUT2D eigenvalue weighted by Crippen LogP contribution is 2.12. The summed E-state index contributed by atoms with van der Waals surface area (Å²) in [6, 6.07) is 4.00. The van der Waals surface area contributed by atoms with E-state index in [0.717, 1.165) is 31.1 Å². The van der Waals surface area contributed by atoms with Gasteiger partial charge >= 0.3 is 0 Å². The van der Waals surface area contributed by atoms with E-state index in [9.17, 15) is 13.9 Å². The van der Waals surface area contributed by atoms with Crippen LogP contribution in [-0.4, -0.2) is 35.7 Å². The fourth-order valence-corrected chi connectivity index (χ4v) is 2.00. The Morgan fingerprint density at radius 2 is 2.12 bits per heavy atom. The third-order valence-corrected chi connectivity index (χ3v) is 2.95. The van der Waals surface area contributed by atoms with Crippen LogP contribution in [0.25, 0.3) is 0 Å². The SMILES string of the molecule is O[C@H]1CCN(CCc2ccc(F)c(F)c2)C1. The molecule has 1 aliphatic rings. The average molecular weight is 227 g/mol. The second-order valence-electron chi connectivity index (χ2n) is 4.24. The summed E-state index contributed by atoms with van der Waals surface area (Å²) in [7, 11) is 0. The average Bonchev–Trinajstić information content (AvgIpc) is 2.66. The third-order valence-electron chi connectivity index (χ3n) is 2.95. The molecule has 0 unspecified atom stereocenters. The number of halogens is 2. The molecule has 4 heteroatoms. The van der Waals surface area contributed by atoms with Gasteiger partial charge in [-0.05, 0) is 30.5 Å². The molecule has 1 aromatic carbocycles. The van der Waals surface area contributed by atoms with Crippen molar-refractivity contribution in [2.24, 2.45) is 0 Å². The van der Waals surface area contributed by atoms with E-state index < -0.39 is 11.6 Å². The van der Waals surface area contributed by atoms with Gasteiger partial charge in [-0.2, -0.15) is 0 Å². The van der Waals surface area contributed by atoms with Gasteiger partial charge in [-0.3, -0.25) is 0 Å². The predicted molar refractivity (Wildman–Crippen MR) is 57.1 cm³/mol. The molecule has 88 valence electrons. The van der Waals surface area contributed by atoms with Crippen LogP contribution in [0, 0.1) is 11.6 Å². The molecule has 1 aromatic rings. The molecule has 0 saturated carbocycles. The first-order valence-corrected chi connectivity index (χ1v) is 5.49. The smallest absolute Gasteiger partial charge is 0.159 e. The zero-order chi connectivity index (χ0) is 11.5. The molecule has 1 fully saturated rings. The topological polar surface area (TPSA) is 23.5 Å². The molecule has 1 aliphatic heterocycles. The Morgan fingerprint density at radius 3 is 2.75 bits per heavy atom. The Morgan fingerprint density at radius 1 is 1.31 bits per heavy atom. The summed E-state index contributed by atoms with van der Waals surface area (Å²) in [5.41, 5.74) is 0.792. The van der Waals surface area contributed by atoms with E-state index in [-0.39, 0.29) is 6.10 Å². The second-order valence-corrected chi connectivity index (χ2v) is 4.24. The summed E-state index contributed by atoms with van der Waals surface area (Å²) in [4.78, 5) is 2.13. The van der Waals surface area contributed by atoms with Crippen LogP contribution < -0.4 is 0 Å². The van der Waals surface area contributed by atoms with Crippen molar-refractivity contribution in [3.8, 4) is 0 Å². The lowest BCUT2D eigenvalue weighted by Gasteiger charge is -2.14. The van der Waals surface area contributed by atoms with Gasteiger partial charge in [-0.15, -0.1) is 0 Å². The van der Waals surface area contributed by atoms with Crippen LogP contribution in [-0.2, 0) is 6.42 Å². The monoisotopic (exact) mass is 227 g/mol. The molecule has 0 spiro atoms. The van der Waals surface area contributed by atoms with E-state index in [0.29, 0.717) is 13.0 Å². The quantitative estimate of drug-likeness (QED) is 0.847. The number of hydrogen-bond acceptors (Lipinski definition) is 2. The lowest BCUT2D eigenvalue weighted by atomic mass is 10.1. The van der Waals surface area contributed by atoms with Crippen LogP contribution in [0.15, 0.2) is 18.2 Å². The zero-order valence-electron chi connectivity index (χ0n) is 9.00. The van der Waals surface area contributed by atoms with E-state index in [1.807, 2.05) is 0 Å². The Kier molecular flexibility index (Phi) is 3.51. The van der Waals surface area contributed by atoms with E-state index in [1.165, 1.54) is 6.07 Å². The van der Waals surface area contributed by atoms with Gasteiger partial charge in [-0.25, -0.2) is 8.78 Å². The van der Waals surface area contributed by atoms with Crippen molar-refractivity contribution in [1.29, 1.82) is 0 Å². The minimum absolute atomic E-state index is 0.232. The van der Waals surface area contributed by atoms with Crippen LogP contribution in [0.4, 0.5) is 8.78 Å². The highest BCUT2D eigenvalue weighted by molar-refractivity contribution is 5.18. The summed E-state index contributed by atoms with van der Waals surface area (Å²) >= 11 is 0. The molecule has 0 amide bonds. The highest BCUT2D eigenvalue weighted by Gasteiger charge is 2.19. The van der Waals surface area contributed by atoms with E-state index in [2.05, 4.69) is 4.90 Å². The molecule has 1 N–H and O–H groups in total. The van der Waals surface area contributed by atoms with Crippen LogP contribution >= 0.6 is 0 Å². The number of nitrogens with zero attached hydrogens (tertiary/aromatic N) is 1. The molecular formula is C12H15F2NO. The minimum Gasteiger partial charge on any atom is -0.392 e. The predicted octanol–water partition coefficient (Wildman–Crippen LogP) is 1.57. The number of benzene rings is 1. The van der Waals surface area contributed by atoms with E-state index in [1.54, 1.807) is 6.07 Å². The van der Waals surface area contributed by atoms with Gasteiger partial charge in [0.1, 0.15) is 0 Å². The number of hydrogen-bond donors (Lipinski definition) is 1. The van der Waals surface area contributed by atoms with Gasteiger partial charge in [0.15, 0.2) is 11.6 Å². The summed E-state index contributed by atoms with van der Waals surface area (Å²) in [5, 5.41) is 9.33. The summed E-state index contributed by atoms with van der Waals surface area (Å²) in [5.74, 6) is -1.60. The molecule has 0 aromatic heterocycles. The first-order valence-electron chi connectivity index (χ1n) is 5.49. The van der Waals surface area contributed by atoms with Crippen LogP contribution in [0.5, 0.6) is 0 Å². The Hall–Kier alpha value is -1.00. The maximum Gasteiger partial charge on any atom is 0.159 e. The van der Waals surface area contributed by atoms with Crippen molar-refractivity contribution >= 4 is 0 Å². The number of aliphatic hydroxyl groups is 1. The molecule has 1 heterocycles. The highest BCUT2D eigenvalue weighted by atomic mass is 19.2. The van der Waals surface area contributed by atoms with Crippen molar-refractivity contribution in [3.05, 3.63) is 35.4 Å². The molecular weight excluding hydrogens is 212 g/mol. The summed E-state index contributed by atoms with van der Waals surface area (Å²) in [6.45, 7) is 2.34. The van der Waals surface area contributed by atoms with Crippen LogP contribution in [0.3, 0.4) is 0 Å². The van der Waals surface area contributed by atoms with Gasteiger partial charge in [0.25, 0.3) is 0 Å². The van der Waals surface area contributed by atoms with Crippen molar-refractivity contribution in [2.45, 2.75) is 18.9 Å². The lowest BCUT2D eigenvalue weighted by Crippen LogP contribution is -2.24. The largest absolute Gasteiger partial charge is 0.392 e. The fraction of sp³-hybridized carbons (Fsp3) is 0.500. The van der Waals surface area contributed by atoms with E-state index in [4.69, 9.17) is 0 Å². The normalized spacial score (nSPS) is 21.6. The Labute approximate surface area is 93.5 Å². The van der Waals surface area contributed by atoms with Gasteiger partial charge in [0, 0.05) is 19.6 Å². The second kappa shape index (κ2) is 4.89. The molecule has 1 saturated heterocycles. The first-order chi connectivity index (χ1) is 7.65. The molecule has 2 rings (SSSR count). The summed E-state index contributed by atoms with van der Waals surface area (Å²) < 4.78 is 25.6. The van der Waals surface area contributed by atoms with E-state index >= 15 is 0 Å². The van der Waals surface area contributed by atoms with Gasteiger partial charge in [0.2, 0.25) is 0 Å². The van der Waals surface area contributed by atoms with Crippen LogP contribution in [0.2, 0.25) is 0 Å². The lowest BCUT2D eigenvalue weighted by molar-refractivity contribution is 0.177. The molecule has 0 bridgehead atoms. The van der Waals surface area contributed by atoms with Gasteiger partial charge in [0.05, 0.1) is 6.10 Å². The Bertz CT molecular complexity index is 370. The minimum atomic E-state index is -0.805. The zero-order valence-corrected chi connectivity index (χ0v) is 9.00. The fourth-order valence-electron chi connectivity index (χ4n) is 2.00. The molecule has 2 nitrogen and oxygen atoms in total. The van der Waals surface area contributed by atoms with Crippen molar-refractivity contribution in [3.63, 3.8) is 0 Å². The van der Waals surface area contributed by atoms with Gasteiger partial charge < -0.3 is 10.0 Å². The third kappa shape index (κ3) is 2.77. The van der Waals surface area contributed by atoms with Crippen molar-refractivity contribution < 1.29 is 13.9 Å². The number of β-amino-alcohol motifs (C(OH)–C–C–N with tert-alkyl or cyclic N) is 1. The molecule has 1 atom stereocenters. The van der Waals surface area contributed by atoms with Crippen molar-refractivity contribution in [1.82, 2.24) is 4.90 Å². The number of likely N-dealkylation sites (tertiary alicyclic amines) is 1. The summed E-state index contributed by atoms with van der Waals surface area (Å²) in [6.07, 6.45) is 1.26. The molecule has 16 heavy (non-hydrogen) atoms. The Balaban J connectivity index is 1.87. The van der Waals surface area contributed by atoms with Crippen molar-refractivity contribution in [2.75, 3.05) is 19.6 Å². The maximum absolute atomic E-state index is 12.9.